The topological polar surface area (TPSA) is 91.5 Å². The summed E-state index contributed by atoms with van der Waals surface area (Å²) < 4.78 is 28.1. The number of rotatable bonds is 6. The number of fused-ring (bicyclic) bond motifs is 2. The van der Waals surface area contributed by atoms with Crippen molar-refractivity contribution in [1.82, 2.24) is 24.2 Å². The van der Waals surface area contributed by atoms with Crippen molar-refractivity contribution in [2.45, 2.75) is 45.8 Å². The van der Waals surface area contributed by atoms with Crippen molar-refractivity contribution in [3.63, 3.8) is 0 Å². The first-order valence-corrected chi connectivity index (χ1v) is 14.1. The fourth-order valence-corrected chi connectivity index (χ4v) is 5.48. The Kier molecular flexibility index (Phi) is 7.07. The molecule has 0 spiro atoms. The maximum absolute atomic E-state index is 13.9. The van der Waals surface area contributed by atoms with Crippen LogP contribution < -0.4 is 4.74 Å². The standard InChI is InChI=1S/C30H31ClFN5O4/c1-30(2,3)41-29(39)37-27(31)22(15-33-37)24-7-6-21-23(16-36(28(21)34-24)12-11-35-9-4-10-35)26(38)19-13-18-14-20(32)5-8-25(18)40-17-19/h5-8,14-16,19H,4,9-13,17H2,1-3H3. The summed E-state index contributed by atoms with van der Waals surface area (Å²) in [5.41, 5.74) is 2.16. The number of nitrogens with zero attached hydrogens (tertiary/aromatic N) is 5. The van der Waals surface area contributed by atoms with Gasteiger partial charge in [0.2, 0.25) is 0 Å². The highest BCUT2D eigenvalue weighted by atomic mass is 35.5. The minimum Gasteiger partial charge on any atom is -0.493 e. The van der Waals surface area contributed by atoms with Gasteiger partial charge in [0.15, 0.2) is 5.78 Å². The fraction of sp³-hybridized carbons (Fsp3) is 0.400. The molecule has 0 amide bonds. The number of carbonyl (C=O) groups is 2. The first kappa shape index (κ1) is 27.4. The second-order valence-corrected chi connectivity index (χ2v) is 11.9. The quantitative estimate of drug-likeness (QED) is 0.274. The molecule has 9 nitrogen and oxygen atoms in total. The van der Waals surface area contributed by atoms with Crippen molar-refractivity contribution < 1.29 is 23.5 Å². The van der Waals surface area contributed by atoms with Gasteiger partial charge in [-0.25, -0.2) is 14.2 Å². The summed E-state index contributed by atoms with van der Waals surface area (Å²) in [5.74, 6) is -0.256. The monoisotopic (exact) mass is 579 g/mol. The van der Waals surface area contributed by atoms with Crippen LogP contribution in [0.1, 0.15) is 43.1 Å². The molecule has 0 saturated carbocycles. The Hall–Kier alpha value is -3.76. The van der Waals surface area contributed by atoms with Gasteiger partial charge >= 0.3 is 6.09 Å². The molecule has 1 atom stereocenters. The number of likely N-dealkylation sites (tertiary alicyclic amines) is 1. The van der Waals surface area contributed by atoms with E-state index in [4.69, 9.17) is 26.1 Å². The molecule has 0 aliphatic carbocycles. The Balaban J connectivity index is 1.34. The van der Waals surface area contributed by atoms with Gasteiger partial charge in [0.05, 0.1) is 30.0 Å². The Bertz CT molecular complexity index is 1650. The molecule has 0 N–H and O–H groups in total. The number of halogens is 2. The van der Waals surface area contributed by atoms with Crippen LogP contribution in [0.25, 0.3) is 22.3 Å². The molecule has 6 rings (SSSR count). The van der Waals surface area contributed by atoms with E-state index in [9.17, 15) is 14.0 Å². The largest absolute Gasteiger partial charge is 0.493 e. The third kappa shape index (κ3) is 5.46. The number of hydrogen-bond donors (Lipinski definition) is 0. The molecular formula is C30H31ClFN5O4. The van der Waals surface area contributed by atoms with E-state index in [1.807, 2.05) is 16.8 Å². The average Bonchev–Trinajstić information content (AvgIpc) is 3.46. The first-order valence-electron chi connectivity index (χ1n) is 13.7. The van der Waals surface area contributed by atoms with E-state index in [2.05, 4.69) is 10.00 Å². The molecule has 1 aromatic carbocycles. The number of hydrogen-bond acceptors (Lipinski definition) is 7. The van der Waals surface area contributed by atoms with Crippen LogP contribution in [-0.2, 0) is 17.7 Å². The third-order valence-electron chi connectivity index (χ3n) is 7.45. The lowest BCUT2D eigenvalue weighted by Crippen LogP contribution is -2.39. The van der Waals surface area contributed by atoms with E-state index >= 15 is 0 Å². The van der Waals surface area contributed by atoms with Crippen molar-refractivity contribution in [2.75, 3.05) is 26.2 Å². The minimum absolute atomic E-state index is 0.0714. The highest BCUT2D eigenvalue weighted by Gasteiger charge is 2.30. The number of benzene rings is 1. The highest BCUT2D eigenvalue weighted by molar-refractivity contribution is 6.33. The van der Waals surface area contributed by atoms with Gasteiger partial charge in [-0.2, -0.15) is 9.78 Å². The molecule has 1 unspecified atom stereocenters. The smallest absolute Gasteiger partial charge is 0.436 e. The molecule has 4 aromatic rings. The van der Waals surface area contributed by atoms with E-state index < -0.39 is 17.6 Å². The second-order valence-electron chi connectivity index (χ2n) is 11.6. The molecule has 1 saturated heterocycles. The average molecular weight is 580 g/mol. The van der Waals surface area contributed by atoms with Gasteiger partial charge in [-0.05, 0) is 82.6 Å². The summed E-state index contributed by atoms with van der Waals surface area (Å²) >= 11 is 6.56. The van der Waals surface area contributed by atoms with Crippen molar-refractivity contribution in [3.8, 4) is 17.0 Å². The molecule has 3 aromatic heterocycles. The van der Waals surface area contributed by atoms with Crippen LogP contribution in [-0.4, -0.2) is 68.0 Å². The molecule has 2 aliphatic rings. The highest BCUT2D eigenvalue weighted by Crippen LogP contribution is 2.33. The maximum atomic E-state index is 13.9. The number of ketones is 1. The summed E-state index contributed by atoms with van der Waals surface area (Å²) in [6.07, 6.45) is 4.24. The third-order valence-corrected chi connectivity index (χ3v) is 7.81. The zero-order valence-corrected chi connectivity index (χ0v) is 23.9. The zero-order valence-electron chi connectivity index (χ0n) is 23.2. The van der Waals surface area contributed by atoms with Crippen molar-refractivity contribution >= 4 is 34.5 Å². The second kappa shape index (κ2) is 10.6. The Morgan fingerprint density at radius 2 is 1.98 bits per heavy atom. The van der Waals surface area contributed by atoms with Crippen molar-refractivity contribution in [3.05, 3.63) is 64.8 Å². The number of ether oxygens (including phenoxy) is 2. The van der Waals surface area contributed by atoms with E-state index in [1.54, 1.807) is 32.9 Å². The minimum atomic E-state index is -0.705. The van der Waals surface area contributed by atoms with E-state index in [0.717, 1.165) is 24.3 Å². The molecule has 41 heavy (non-hydrogen) atoms. The molecule has 0 bridgehead atoms. The van der Waals surface area contributed by atoms with Gasteiger partial charge in [0.1, 0.15) is 28.0 Å². The van der Waals surface area contributed by atoms with Crippen LogP contribution in [0.4, 0.5) is 9.18 Å². The van der Waals surface area contributed by atoms with Gasteiger partial charge in [0.25, 0.3) is 0 Å². The lowest BCUT2D eigenvalue weighted by atomic mass is 9.90. The number of pyridine rings is 1. The lowest BCUT2D eigenvalue weighted by Gasteiger charge is -2.30. The predicted octanol–water partition coefficient (Wildman–Crippen LogP) is 5.62. The molecule has 5 heterocycles. The van der Waals surface area contributed by atoms with Crippen LogP contribution in [0.5, 0.6) is 5.75 Å². The molecule has 2 aliphatic heterocycles. The molecule has 11 heteroatoms. The van der Waals surface area contributed by atoms with E-state index in [-0.39, 0.29) is 23.4 Å². The number of Topliss-reactive ketones (excluding diaryl/α,β-unsaturated/α-hetero) is 1. The maximum Gasteiger partial charge on any atom is 0.436 e. The number of carbonyl (C=O) groups excluding carboxylic acids is 2. The normalized spacial score (nSPS) is 17.1. The Labute approximate surface area is 241 Å². The Morgan fingerprint density at radius 1 is 1.17 bits per heavy atom. The van der Waals surface area contributed by atoms with Crippen LogP contribution in [0.15, 0.2) is 42.7 Å². The van der Waals surface area contributed by atoms with E-state index in [1.165, 1.54) is 24.8 Å². The molecule has 1 fully saturated rings. The van der Waals surface area contributed by atoms with Gasteiger partial charge in [-0.3, -0.25) is 4.79 Å². The van der Waals surface area contributed by atoms with Crippen LogP contribution in [0.3, 0.4) is 0 Å². The Morgan fingerprint density at radius 3 is 2.71 bits per heavy atom. The van der Waals surface area contributed by atoms with Gasteiger partial charge in [-0.15, -0.1) is 0 Å². The van der Waals surface area contributed by atoms with Crippen molar-refractivity contribution in [2.24, 2.45) is 5.92 Å². The summed E-state index contributed by atoms with van der Waals surface area (Å²) in [5, 5.41) is 4.94. The van der Waals surface area contributed by atoms with Gasteiger partial charge in [-0.1, -0.05) is 11.6 Å². The van der Waals surface area contributed by atoms with Crippen LogP contribution >= 0.6 is 11.6 Å². The molecule has 214 valence electrons. The summed E-state index contributed by atoms with van der Waals surface area (Å²) in [4.78, 5) is 33.7. The number of aromatic nitrogens is 4. The SMILES string of the molecule is CC(C)(C)OC(=O)n1ncc(-c2ccc3c(C(=O)C4COc5ccc(F)cc5C4)cn(CCN4CCC4)c3n2)c1Cl. The van der Waals surface area contributed by atoms with Crippen molar-refractivity contribution in [1.29, 1.82) is 0 Å². The summed E-state index contributed by atoms with van der Waals surface area (Å²) in [7, 11) is 0. The van der Waals surface area contributed by atoms with Gasteiger partial charge < -0.3 is 18.9 Å². The van der Waals surface area contributed by atoms with Crippen LogP contribution in [0.2, 0.25) is 5.15 Å². The predicted molar refractivity (Wildman–Crippen MR) is 152 cm³/mol. The summed E-state index contributed by atoms with van der Waals surface area (Å²) in [6, 6.07) is 8.01. The lowest BCUT2D eigenvalue weighted by molar-refractivity contribution is 0.0515. The van der Waals surface area contributed by atoms with E-state index in [0.29, 0.717) is 52.1 Å². The molecule has 0 radical (unpaired) electrons. The van der Waals surface area contributed by atoms with Gasteiger partial charge in [0, 0.05) is 30.2 Å². The summed E-state index contributed by atoms with van der Waals surface area (Å²) in [6.45, 7) is 9.12. The molecular weight excluding hydrogens is 549 g/mol. The zero-order chi connectivity index (χ0) is 28.9. The van der Waals surface area contributed by atoms with Crippen LogP contribution in [0, 0.1) is 11.7 Å². The fourth-order valence-electron chi connectivity index (χ4n) is 5.22. The first-order chi connectivity index (χ1) is 19.6.